The van der Waals surface area contributed by atoms with Crippen molar-refractivity contribution in [1.29, 1.82) is 0 Å². The second-order valence-corrected chi connectivity index (χ2v) is 2.99. The third-order valence-electron chi connectivity index (χ3n) is 0.577. The minimum Gasteiger partial charge on any atom is -0.636 e. The smallest absolute Gasteiger partial charge is 0.558 e. The van der Waals surface area contributed by atoms with Crippen molar-refractivity contribution in [3.05, 3.63) is 0 Å². The maximum atomic E-state index is 4.74. The molecule has 0 aromatic heterocycles. The third kappa shape index (κ3) is 3.04. The molecule has 7 heavy (non-hydrogen) atoms. The van der Waals surface area contributed by atoms with Crippen LogP contribution in [0.4, 0.5) is 0 Å². The first-order valence-corrected chi connectivity index (χ1v) is 3.35. The molecule has 0 fully saturated rings. The molecular weight excluding hydrogens is 111 g/mol. The van der Waals surface area contributed by atoms with Crippen molar-refractivity contribution in [3.63, 3.8) is 0 Å². The van der Waals surface area contributed by atoms with Gasteiger partial charge in [0.05, 0.1) is 0 Å². The minimum absolute atomic E-state index is 1.57. The van der Waals surface area contributed by atoms with E-state index < -0.39 is 15.1 Å². The van der Waals surface area contributed by atoms with Gasteiger partial charge in [0, 0.05) is 0 Å². The van der Waals surface area contributed by atoms with Crippen LogP contribution in [0.1, 0.15) is 0 Å². The number of rotatable bonds is 3. The van der Waals surface area contributed by atoms with Gasteiger partial charge in [-0.25, -0.2) is 0 Å². The zero-order chi connectivity index (χ0) is 5.70. The van der Waals surface area contributed by atoms with Gasteiger partial charge in [0.15, 0.2) is 0 Å². The van der Waals surface area contributed by atoms with E-state index in [1.807, 2.05) is 0 Å². The summed E-state index contributed by atoms with van der Waals surface area (Å²) in [6.07, 6.45) is 0. The highest BCUT2D eigenvalue weighted by atomic mass is 27.3. The van der Waals surface area contributed by atoms with E-state index >= 15 is 0 Å². The number of hydrogen-bond donors (Lipinski definition) is 0. The SMILES string of the molecule is C[O][Al-]([O]C)[O]C. The van der Waals surface area contributed by atoms with Crippen LogP contribution in [-0.4, -0.2) is 36.5 Å². The largest absolute Gasteiger partial charge is 0.636 e. The van der Waals surface area contributed by atoms with E-state index in [1.54, 1.807) is 21.3 Å². The monoisotopic (exact) mass is 120 g/mol. The predicted molar refractivity (Wildman–Crippen MR) is 26.8 cm³/mol. The molecule has 0 aliphatic carbocycles. The molecule has 0 rings (SSSR count). The highest BCUT2D eigenvalue weighted by molar-refractivity contribution is 6.36. The summed E-state index contributed by atoms with van der Waals surface area (Å²) in [4.78, 5) is 0. The van der Waals surface area contributed by atoms with Crippen LogP contribution in [0.25, 0.3) is 0 Å². The molecule has 0 aromatic carbocycles. The van der Waals surface area contributed by atoms with Gasteiger partial charge in [-0.2, -0.15) is 0 Å². The van der Waals surface area contributed by atoms with Gasteiger partial charge in [-0.05, 0) is 21.3 Å². The Balaban J connectivity index is 2.99. The Labute approximate surface area is 48.6 Å². The van der Waals surface area contributed by atoms with E-state index in [0.29, 0.717) is 0 Å². The quantitative estimate of drug-likeness (QED) is 0.487. The lowest BCUT2D eigenvalue weighted by Crippen LogP contribution is -2.21. The fourth-order valence-electron chi connectivity index (χ4n) is 0.289. The molecule has 0 heterocycles. The van der Waals surface area contributed by atoms with E-state index in [-0.39, 0.29) is 0 Å². The summed E-state index contributed by atoms with van der Waals surface area (Å²) in [5, 5.41) is 0. The highest BCUT2D eigenvalue weighted by Gasteiger charge is 1.98. The lowest BCUT2D eigenvalue weighted by atomic mass is 11.8. The summed E-state index contributed by atoms with van der Waals surface area (Å²) >= 11 is -1.67. The third-order valence-corrected chi connectivity index (χ3v) is 1.73. The van der Waals surface area contributed by atoms with Crippen LogP contribution >= 0.6 is 0 Å². The van der Waals surface area contributed by atoms with Crippen molar-refractivity contribution in [2.24, 2.45) is 0 Å². The van der Waals surface area contributed by atoms with Crippen molar-refractivity contribution in [2.75, 3.05) is 21.3 Å². The van der Waals surface area contributed by atoms with Crippen LogP contribution in [0.5, 0.6) is 0 Å². The lowest BCUT2D eigenvalue weighted by Gasteiger charge is -2.19. The Kier molecular flexibility index (Phi) is 4.84. The molecular formula is C3H9AlO3-. The highest BCUT2D eigenvalue weighted by Crippen LogP contribution is 1.81. The van der Waals surface area contributed by atoms with E-state index in [2.05, 4.69) is 0 Å². The molecule has 0 N–H and O–H groups in total. The first kappa shape index (κ1) is 7.41. The Morgan fingerprint density at radius 3 is 1.14 bits per heavy atom. The van der Waals surface area contributed by atoms with E-state index in [0.717, 1.165) is 0 Å². The van der Waals surface area contributed by atoms with E-state index in [1.165, 1.54) is 0 Å². The first-order chi connectivity index (χ1) is 3.35. The molecule has 0 spiro atoms. The number of hydrogen-bond acceptors (Lipinski definition) is 3. The van der Waals surface area contributed by atoms with Gasteiger partial charge in [-0.3, -0.25) is 0 Å². The average molecular weight is 120 g/mol. The Hall–Kier alpha value is 0.412. The molecule has 43 valence electrons. The molecule has 0 saturated carbocycles. The molecule has 4 heteroatoms. The topological polar surface area (TPSA) is 27.7 Å². The summed E-state index contributed by atoms with van der Waals surface area (Å²) in [5.74, 6) is 0. The van der Waals surface area contributed by atoms with Gasteiger partial charge in [0.1, 0.15) is 0 Å². The summed E-state index contributed by atoms with van der Waals surface area (Å²) in [6, 6.07) is 0. The first-order valence-electron chi connectivity index (χ1n) is 1.93. The molecule has 0 aromatic rings. The lowest BCUT2D eigenvalue weighted by molar-refractivity contribution is 0.163. The zero-order valence-corrected chi connectivity index (χ0v) is 5.96. The van der Waals surface area contributed by atoms with Crippen LogP contribution < -0.4 is 0 Å². The van der Waals surface area contributed by atoms with E-state index in [9.17, 15) is 0 Å². The fourth-order valence-corrected chi connectivity index (χ4v) is 0.866. The summed E-state index contributed by atoms with van der Waals surface area (Å²) in [6.45, 7) is 0. The van der Waals surface area contributed by atoms with Crippen LogP contribution in [-0.2, 0) is 11.4 Å². The average Bonchev–Trinajstić information content (AvgIpc) is 1.72. The molecule has 3 nitrogen and oxygen atoms in total. The second kappa shape index (κ2) is 4.57. The molecule has 0 aliphatic heterocycles. The fraction of sp³-hybridized carbons (Fsp3) is 1.00. The van der Waals surface area contributed by atoms with Gasteiger partial charge in [0.2, 0.25) is 0 Å². The summed E-state index contributed by atoms with van der Waals surface area (Å²) in [7, 11) is 4.72. The van der Waals surface area contributed by atoms with Crippen molar-refractivity contribution in [3.8, 4) is 0 Å². The van der Waals surface area contributed by atoms with Gasteiger partial charge in [-0.15, -0.1) is 0 Å². The summed E-state index contributed by atoms with van der Waals surface area (Å²) in [5.41, 5.74) is 0. The summed E-state index contributed by atoms with van der Waals surface area (Å²) < 4.78 is 14.2. The normalized spacial score (nSPS) is 10.3. The maximum absolute atomic E-state index is 4.74. The van der Waals surface area contributed by atoms with Crippen molar-refractivity contribution >= 4 is 15.1 Å². The van der Waals surface area contributed by atoms with Crippen LogP contribution in [0.3, 0.4) is 0 Å². The Morgan fingerprint density at radius 1 is 0.857 bits per heavy atom. The second-order valence-electron chi connectivity index (χ2n) is 0.996. The molecule has 0 unspecified atom stereocenters. The van der Waals surface area contributed by atoms with Crippen molar-refractivity contribution in [1.82, 2.24) is 0 Å². The molecule has 0 saturated heterocycles. The predicted octanol–water partition coefficient (Wildman–Crippen LogP) is -0.0895. The molecule has 0 amide bonds. The van der Waals surface area contributed by atoms with Gasteiger partial charge < -0.3 is 11.4 Å². The van der Waals surface area contributed by atoms with Gasteiger partial charge >= 0.3 is 15.1 Å². The van der Waals surface area contributed by atoms with Crippen LogP contribution in [0, 0.1) is 0 Å². The van der Waals surface area contributed by atoms with E-state index in [4.69, 9.17) is 11.4 Å². The van der Waals surface area contributed by atoms with Crippen LogP contribution in [0.15, 0.2) is 0 Å². The molecule has 0 aliphatic rings. The minimum atomic E-state index is -1.67. The van der Waals surface area contributed by atoms with Gasteiger partial charge in [-0.1, -0.05) is 0 Å². The molecule has 0 atom stereocenters. The van der Waals surface area contributed by atoms with Crippen LogP contribution in [0.2, 0.25) is 0 Å². The molecule has 1 radical (unpaired) electrons. The standard InChI is InChI=1S/3CH3O.Al/c3*1-2;/h3*1H3;/q3*-1;+2. The van der Waals surface area contributed by atoms with Crippen molar-refractivity contribution in [2.45, 2.75) is 0 Å². The van der Waals surface area contributed by atoms with Gasteiger partial charge in [0.25, 0.3) is 0 Å². The Bertz CT molecular complexity index is 31.7. The van der Waals surface area contributed by atoms with Crippen molar-refractivity contribution < 1.29 is 11.4 Å². The molecule has 0 bridgehead atoms. The Morgan fingerprint density at radius 2 is 1.14 bits per heavy atom. The maximum Gasteiger partial charge on any atom is 0.558 e. The zero-order valence-electron chi connectivity index (χ0n) is 4.80.